The van der Waals surface area contributed by atoms with Gasteiger partial charge in [0.2, 0.25) is 5.75 Å². The van der Waals surface area contributed by atoms with Gasteiger partial charge in [0.1, 0.15) is 0 Å². The van der Waals surface area contributed by atoms with Crippen LogP contribution in [0, 0.1) is 5.41 Å². The number of hydrogen-bond acceptors (Lipinski definition) is 4. The van der Waals surface area contributed by atoms with Crippen molar-refractivity contribution in [2.24, 2.45) is 5.41 Å². The molecule has 1 N–H and O–H groups in total. The lowest BCUT2D eigenvalue weighted by atomic mass is 10.1. The highest BCUT2D eigenvalue weighted by atomic mass is 79.9. The topological polar surface area (TPSA) is 56.8 Å². The summed E-state index contributed by atoms with van der Waals surface area (Å²) in [5.74, 6) is 1.30. The minimum Gasteiger partial charge on any atom is -0.493 e. The number of halogens is 1. The fourth-order valence-corrected chi connectivity index (χ4v) is 2.88. The smallest absolute Gasteiger partial charge is 0.251 e. The summed E-state index contributed by atoms with van der Waals surface area (Å²) in [6.45, 7) is 0.674. The lowest BCUT2D eigenvalue weighted by molar-refractivity contribution is 0.0945. The molecular formula is C15H20BrNO4. The minimum absolute atomic E-state index is 0.138. The van der Waals surface area contributed by atoms with Crippen molar-refractivity contribution in [3.63, 3.8) is 0 Å². The first kappa shape index (κ1) is 15.9. The molecule has 0 aliphatic heterocycles. The Morgan fingerprint density at radius 2 is 1.76 bits per heavy atom. The van der Waals surface area contributed by atoms with Crippen LogP contribution in [0.5, 0.6) is 17.2 Å². The van der Waals surface area contributed by atoms with Gasteiger partial charge < -0.3 is 19.5 Å². The molecule has 0 bridgehead atoms. The Hall–Kier alpha value is -1.43. The number of hydrogen-bond donors (Lipinski definition) is 1. The van der Waals surface area contributed by atoms with Gasteiger partial charge in [-0.25, -0.2) is 0 Å². The van der Waals surface area contributed by atoms with Gasteiger partial charge in [-0.15, -0.1) is 0 Å². The highest BCUT2D eigenvalue weighted by molar-refractivity contribution is 9.09. The average molecular weight is 358 g/mol. The van der Waals surface area contributed by atoms with Crippen LogP contribution in [-0.2, 0) is 0 Å². The molecule has 1 aliphatic rings. The second-order valence-electron chi connectivity index (χ2n) is 5.23. The molecule has 0 unspecified atom stereocenters. The van der Waals surface area contributed by atoms with Gasteiger partial charge in [-0.05, 0) is 30.4 Å². The van der Waals surface area contributed by atoms with Crippen LogP contribution in [0.25, 0.3) is 0 Å². The van der Waals surface area contributed by atoms with E-state index in [1.165, 1.54) is 21.3 Å². The quantitative estimate of drug-likeness (QED) is 0.762. The fraction of sp³-hybridized carbons (Fsp3) is 0.533. The average Bonchev–Trinajstić information content (AvgIpc) is 3.31. The number of carbonyl (C=O) groups is 1. The first-order chi connectivity index (χ1) is 10.1. The predicted octanol–water partition coefficient (Wildman–Crippen LogP) is 2.62. The van der Waals surface area contributed by atoms with Crippen molar-refractivity contribution < 1.29 is 19.0 Å². The third-order valence-electron chi connectivity index (χ3n) is 3.79. The molecule has 1 amide bonds. The molecule has 1 aliphatic carbocycles. The Labute approximate surface area is 133 Å². The van der Waals surface area contributed by atoms with E-state index in [1.54, 1.807) is 12.1 Å². The molecule has 1 aromatic carbocycles. The second kappa shape index (κ2) is 6.56. The Morgan fingerprint density at radius 1 is 1.19 bits per heavy atom. The number of alkyl halides is 1. The molecule has 2 rings (SSSR count). The normalized spacial score (nSPS) is 15.2. The molecule has 0 spiro atoms. The molecular weight excluding hydrogens is 338 g/mol. The Kier molecular flexibility index (Phi) is 4.98. The number of nitrogens with one attached hydrogen (secondary N) is 1. The van der Waals surface area contributed by atoms with Gasteiger partial charge in [0.05, 0.1) is 21.3 Å². The van der Waals surface area contributed by atoms with Crippen LogP contribution in [0.1, 0.15) is 23.2 Å². The van der Waals surface area contributed by atoms with Crippen LogP contribution < -0.4 is 19.5 Å². The monoisotopic (exact) mass is 357 g/mol. The lowest BCUT2D eigenvalue weighted by Crippen LogP contribution is -2.31. The number of rotatable bonds is 7. The molecule has 116 valence electrons. The molecule has 21 heavy (non-hydrogen) atoms. The summed E-state index contributed by atoms with van der Waals surface area (Å²) in [6.07, 6.45) is 2.29. The number of benzene rings is 1. The fourth-order valence-electron chi connectivity index (χ4n) is 2.12. The second-order valence-corrected chi connectivity index (χ2v) is 5.79. The molecule has 0 atom stereocenters. The van der Waals surface area contributed by atoms with E-state index in [4.69, 9.17) is 14.2 Å². The largest absolute Gasteiger partial charge is 0.493 e. The van der Waals surface area contributed by atoms with Crippen molar-refractivity contribution in [2.75, 3.05) is 33.2 Å². The van der Waals surface area contributed by atoms with Crippen molar-refractivity contribution in [1.82, 2.24) is 5.32 Å². The maximum Gasteiger partial charge on any atom is 0.251 e. The summed E-state index contributed by atoms with van der Waals surface area (Å²) < 4.78 is 15.8. The van der Waals surface area contributed by atoms with Crippen LogP contribution >= 0.6 is 15.9 Å². The Bertz CT molecular complexity index is 503. The van der Waals surface area contributed by atoms with E-state index in [9.17, 15) is 4.79 Å². The highest BCUT2D eigenvalue weighted by Crippen LogP contribution is 2.46. The third-order valence-corrected chi connectivity index (χ3v) is 4.98. The maximum atomic E-state index is 12.3. The highest BCUT2D eigenvalue weighted by Gasteiger charge is 2.41. The summed E-state index contributed by atoms with van der Waals surface area (Å²) in [6, 6.07) is 3.31. The Morgan fingerprint density at radius 3 is 2.14 bits per heavy atom. The van der Waals surface area contributed by atoms with Crippen LogP contribution in [0.2, 0.25) is 0 Å². The molecule has 5 nitrogen and oxygen atoms in total. The summed E-state index contributed by atoms with van der Waals surface area (Å²) in [5, 5.41) is 3.88. The Balaban J connectivity index is 2.16. The zero-order valence-corrected chi connectivity index (χ0v) is 14.1. The first-order valence-electron chi connectivity index (χ1n) is 6.73. The van der Waals surface area contributed by atoms with E-state index in [2.05, 4.69) is 21.2 Å². The molecule has 0 aromatic heterocycles. The van der Waals surface area contributed by atoms with E-state index in [0.717, 1.165) is 18.2 Å². The lowest BCUT2D eigenvalue weighted by Gasteiger charge is -2.15. The van der Waals surface area contributed by atoms with Gasteiger partial charge in [0.15, 0.2) is 11.5 Å². The SMILES string of the molecule is COc1cc(C(=O)NCC2(CBr)CC2)cc(OC)c1OC. The summed E-state index contributed by atoms with van der Waals surface area (Å²) >= 11 is 3.50. The van der Waals surface area contributed by atoms with E-state index < -0.39 is 0 Å². The number of ether oxygens (including phenoxy) is 3. The van der Waals surface area contributed by atoms with Gasteiger partial charge in [0, 0.05) is 17.4 Å². The zero-order valence-electron chi connectivity index (χ0n) is 12.5. The van der Waals surface area contributed by atoms with E-state index in [0.29, 0.717) is 29.4 Å². The van der Waals surface area contributed by atoms with Gasteiger partial charge in [0.25, 0.3) is 5.91 Å². The van der Waals surface area contributed by atoms with Gasteiger partial charge in [-0.2, -0.15) is 0 Å². The molecule has 6 heteroatoms. The summed E-state index contributed by atoms with van der Waals surface area (Å²) in [7, 11) is 4.60. The standard InChI is InChI=1S/C15H20BrNO4/c1-19-11-6-10(7-12(20-2)13(11)21-3)14(18)17-9-15(8-16)4-5-15/h6-7H,4-5,8-9H2,1-3H3,(H,17,18). The van der Waals surface area contributed by atoms with Crippen molar-refractivity contribution in [3.05, 3.63) is 17.7 Å². The summed E-state index contributed by atoms with van der Waals surface area (Å²) in [5.41, 5.74) is 0.728. The van der Waals surface area contributed by atoms with Crippen molar-refractivity contribution in [3.8, 4) is 17.2 Å². The van der Waals surface area contributed by atoms with Gasteiger partial charge >= 0.3 is 0 Å². The zero-order chi connectivity index (χ0) is 15.5. The molecule has 0 saturated heterocycles. The van der Waals surface area contributed by atoms with Crippen LogP contribution in [0.15, 0.2) is 12.1 Å². The molecule has 1 saturated carbocycles. The van der Waals surface area contributed by atoms with Crippen LogP contribution in [0.4, 0.5) is 0 Å². The van der Waals surface area contributed by atoms with Crippen LogP contribution in [0.3, 0.4) is 0 Å². The molecule has 1 aromatic rings. The maximum absolute atomic E-state index is 12.3. The molecule has 0 radical (unpaired) electrons. The molecule has 0 heterocycles. The van der Waals surface area contributed by atoms with Gasteiger partial charge in [-0.1, -0.05) is 15.9 Å². The van der Waals surface area contributed by atoms with E-state index in [1.807, 2.05) is 0 Å². The third kappa shape index (κ3) is 3.43. The number of carbonyl (C=O) groups excluding carboxylic acids is 1. The van der Waals surface area contributed by atoms with Crippen LogP contribution in [-0.4, -0.2) is 39.1 Å². The van der Waals surface area contributed by atoms with Crippen molar-refractivity contribution >= 4 is 21.8 Å². The van der Waals surface area contributed by atoms with E-state index in [-0.39, 0.29) is 11.3 Å². The number of amides is 1. The summed E-state index contributed by atoms with van der Waals surface area (Å²) in [4.78, 5) is 12.3. The van der Waals surface area contributed by atoms with E-state index >= 15 is 0 Å². The predicted molar refractivity (Wildman–Crippen MR) is 83.9 cm³/mol. The van der Waals surface area contributed by atoms with Crippen molar-refractivity contribution in [2.45, 2.75) is 12.8 Å². The molecule has 1 fully saturated rings. The first-order valence-corrected chi connectivity index (χ1v) is 7.85. The minimum atomic E-state index is -0.138. The number of methoxy groups -OCH3 is 3. The van der Waals surface area contributed by atoms with Crippen molar-refractivity contribution in [1.29, 1.82) is 0 Å². The van der Waals surface area contributed by atoms with Gasteiger partial charge in [-0.3, -0.25) is 4.79 Å².